The summed E-state index contributed by atoms with van der Waals surface area (Å²) in [5.74, 6) is -1.07. The number of para-hydroxylation sites is 1. The average molecular weight is 391 g/mol. The summed E-state index contributed by atoms with van der Waals surface area (Å²) in [7, 11) is 0. The predicted molar refractivity (Wildman–Crippen MR) is 101 cm³/mol. The van der Waals surface area contributed by atoms with Gasteiger partial charge in [-0.2, -0.15) is 0 Å². The lowest BCUT2D eigenvalue weighted by Crippen LogP contribution is -2.52. The van der Waals surface area contributed by atoms with Crippen molar-refractivity contribution in [3.8, 4) is 0 Å². The number of carbonyl (C=O) groups is 3. The van der Waals surface area contributed by atoms with Crippen molar-refractivity contribution in [2.45, 2.75) is 20.3 Å². The van der Waals surface area contributed by atoms with Gasteiger partial charge < -0.3 is 19.4 Å². The Labute approximate surface area is 164 Å². The number of amides is 3. The first-order valence-electron chi connectivity index (χ1n) is 9.62. The Balaban J connectivity index is 1.54. The van der Waals surface area contributed by atoms with E-state index >= 15 is 0 Å². The van der Waals surface area contributed by atoms with Gasteiger partial charge in [-0.25, -0.2) is 9.18 Å². The molecule has 2 aliphatic rings. The summed E-state index contributed by atoms with van der Waals surface area (Å²) >= 11 is 0. The van der Waals surface area contributed by atoms with Crippen LogP contribution in [-0.2, 0) is 14.3 Å². The monoisotopic (exact) mass is 391 g/mol. The number of benzene rings is 1. The van der Waals surface area contributed by atoms with Crippen LogP contribution in [-0.4, -0.2) is 67.0 Å². The van der Waals surface area contributed by atoms with Gasteiger partial charge in [0.1, 0.15) is 5.82 Å². The summed E-state index contributed by atoms with van der Waals surface area (Å²) in [4.78, 5) is 41.8. The minimum atomic E-state index is -0.494. The Morgan fingerprint density at radius 2 is 1.79 bits per heavy atom. The fraction of sp³-hybridized carbons (Fsp3) is 0.550. The first-order chi connectivity index (χ1) is 13.4. The van der Waals surface area contributed by atoms with E-state index in [0.29, 0.717) is 32.8 Å². The fourth-order valence-corrected chi connectivity index (χ4v) is 3.47. The Morgan fingerprint density at radius 3 is 2.43 bits per heavy atom. The number of rotatable bonds is 4. The number of carbonyl (C=O) groups excluding carboxylic acids is 3. The van der Waals surface area contributed by atoms with Gasteiger partial charge in [0.25, 0.3) is 0 Å². The van der Waals surface area contributed by atoms with Gasteiger partial charge in [-0.05, 0) is 18.1 Å². The highest BCUT2D eigenvalue weighted by Gasteiger charge is 2.39. The van der Waals surface area contributed by atoms with E-state index in [2.05, 4.69) is 0 Å². The van der Waals surface area contributed by atoms with Crippen LogP contribution in [0.1, 0.15) is 20.3 Å². The SMILES string of the molecule is CC(C)COC(=O)N1CCN(C(=O)C2CC(=O)N(c3ccccc3F)C2)CC1. The molecule has 2 fully saturated rings. The molecule has 0 radical (unpaired) electrons. The van der Waals surface area contributed by atoms with Gasteiger partial charge in [-0.3, -0.25) is 9.59 Å². The van der Waals surface area contributed by atoms with Crippen molar-refractivity contribution in [2.75, 3.05) is 44.2 Å². The van der Waals surface area contributed by atoms with Gasteiger partial charge in [-0.15, -0.1) is 0 Å². The first-order valence-corrected chi connectivity index (χ1v) is 9.62. The number of halogens is 1. The van der Waals surface area contributed by atoms with Crippen LogP contribution in [0.25, 0.3) is 0 Å². The number of anilines is 1. The van der Waals surface area contributed by atoms with Crippen molar-refractivity contribution in [2.24, 2.45) is 11.8 Å². The summed E-state index contributed by atoms with van der Waals surface area (Å²) in [5, 5.41) is 0. The molecule has 1 aromatic rings. The van der Waals surface area contributed by atoms with Crippen LogP contribution < -0.4 is 4.90 Å². The Morgan fingerprint density at radius 1 is 1.14 bits per heavy atom. The molecule has 0 spiro atoms. The van der Waals surface area contributed by atoms with E-state index in [-0.39, 0.29) is 42.5 Å². The maximum absolute atomic E-state index is 14.0. The van der Waals surface area contributed by atoms with Crippen LogP contribution >= 0.6 is 0 Å². The number of nitrogens with zero attached hydrogens (tertiary/aromatic N) is 3. The summed E-state index contributed by atoms with van der Waals surface area (Å²) in [6, 6.07) is 6.07. The Hall–Kier alpha value is -2.64. The van der Waals surface area contributed by atoms with E-state index in [1.807, 2.05) is 13.8 Å². The molecule has 28 heavy (non-hydrogen) atoms. The maximum atomic E-state index is 14.0. The topological polar surface area (TPSA) is 70.2 Å². The van der Waals surface area contributed by atoms with Gasteiger partial charge in [-0.1, -0.05) is 26.0 Å². The van der Waals surface area contributed by atoms with Gasteiger partial charge in [0.2, 0.25) is 11.8 Å². The van der Waals surface area contributed by atoms with Crippen molar-refractivity contribution in [1.82, 2.24) is 9.80 Å². The third kappa shape index (κ3) is 4.43. The normalized spacial score (nSPS) is 20.1. The van der Waals surface area contributed by atoms with Gasteiger partial charge >= 0.3 is 6.09 Å². The van der Waals surface area contributed by atoms with Crippen molar-refractivity contribution in [3.63, 3.8) is 0 Å². The molecule has 0 aliphatic carbocycles. The zero-order valence-corrected chi connectivity index (χ0v) is 16.3. The van der Waals surface area contributed by atoms with E-state index in [0.717, 1.165) is 0 Å². The molecule has 0 aromatic heterocycles. The van der Waals surface area contributed by atoms with E-state index in [1.54, 1.807) is 28.0 Å². The average Bonchev–Trinajstić information content (AvgIpc) is 3.07. The van der Waals surface area contributed by atoms with Crippen LogP contribution in [0.4, 0.5) is 14.9 Å². The molecule has 2 heterocycles. The summed E-state index contributed by atoms with van der Waals surface area (Å²) in [5.41, 5.74) is 0.209. The number of hydrogen-bond donors (Lipinski definition) is 0. The highest BCUT2D eigenvalue weighted by atomic mass is 19.1. The van der Waals surface area contributed by atoms with Gasteiger partial charge in [0.15, 0.2) is 0 Å². The zero-order valence-electron chi connectivity index (χ0n) is 16.3. The van der Waals surface area contributed by atoms with E-state index < -0.39 is 11.7 Å². The molecular formula is C20H26FN3O4. The number of hydrogen-bond acceptors (Lipinski definition) is 4. The van der Waals surface area contributed by atoms with E-state index in [9.17, 15) is 18.8 Å². The van der Waals surface area contributed by atoms with Crippen LogP contribution in [0.2, 0.25) is 0 Å². The maximum Gasteiger partial charge on any atom is 0.409 e. The first kappa shape index (κ1) is 20.1. The third-order valence-corrected chi connectivity index (χ3v) is 5.01. The van der Waals surface area contributed by atoms with Gasteiger partial charge in [0.05, 0.1) is 18.2 Å². The molecule has 1 unspecified atom stereocenters. The Bertz CT molecular complexity index is 747. The lowest BCUT2D eigenvalue weighted by molar-refractivity contribution is -0.137. The largest absolute Gasteiger partial charge is 0.449 e. The molecule has 3 rings (SSSR count). The minimum Gasteiger partial charge on any atom is -0.449 e. The van der Waals surface area contributed by atoms with Crippen LogP contribution in [0.15, 0.2) is 24.3 Å². The standard InChI is InChI=1S/C20H26FN3O4/c1-14(2)13-28-20(27)23-9-7-22(8-10-23)19(26)15-11-18(25)24(12-15)17-6-4-3-5-16(17)21/h3-6,14-15H,7-13H2,1-2H3. The Kier molecular flexibility index (Phi) is 6.16. The fourth-order valence-electron chi connectivity index (χ4n) is 3.47. The van der Waals surface area contributed by atoms with Crippen molar-refractivity contribution >= 4 is 23.6 Å². The lowest BCUT2D eigenvalue weighted by atomic mass is 10.1. The summed E-state index contributed by atoms with van der Waals surface area (Å²) in [6.07, 6.45) is -0.286. The van der Waals surface area contributed by atoms with Crippen molar-refractivity contribution in [1.29, 1.82) is 0 Å². The molecule has 3 amide bonds. The van der Waals surface area contributed by atoms with Crippen LogP contribution in [0.3, 0.4) is 0 Å². The van der Waals surface area contributed by atoms with E-state index in [4.69, 9.17) is 4.74 Å². The van der Waals surface area contributed by atoms with Crippen LogP contribution in [0.5, 0.6) is 0 Å². The molecule has 2 aliphatic heterocycles. The molecule has 2 saturated heterocycles. The third-order valence-electron chi connectivity index (χ3n) is 5.01. The number of piperazine rings is 1. The predicted octanol–water partition coefficient (Wildman–Crippen LogP) is 2.12. The second-order valence-corrected chi connectivity index (χ2v) is 7.64. The smallest absolute Gasteiger partial charge is 0.409 e. The zero-order chi connectivity index (χ0) is 20.3. The molecule has 1 atom stereocenters. The van der Waals surface area contributed by atoms with Crippen LogP contribution in [0, 0.1) is 17.7 Å². The molecule has 0 N–H and O–H groups in total. The van der Waals surface area contributed by atoms with E-state index in [1.165, 1.54) is 11.0 Å². The minimum absolute atomic E-state index is 0.0732. The molecule has 1 aromatic carbocycles. The lowest BCUT2D eigenvalue weighted by Gasteiger charge is -2.35. The second-order valence-electron chi connectivity index (χ2n) is 7.64. The highest BCUT2D eigenvalue weighted by molar-refractivity contribution is 6.00. The molecule has 8 heteroatoms. The molecule has 152 valence electrons. The second kappa shape index (κ2) is 8.58. The van der Waals surface area contributed by atoms with Crippen molar-refractivity contribution < 1.29 is 23.5 Å². The molecule has 0 saturated carbocycles. The van der Waals surface area contributed by atoms with Crippen molar-refractivity contribution in [3.05, 3.63) is 30.1 Å². The highest BCUT2D eigenvalue weighted by Crippen LogP contribution is 2.28. The molecular weight excluding hydrogens is 365 g/mol. The molecule has 0 bridgehead atoms. The summed E-state index contributed by atoms with van der Waals surface area (Å²) < 4.78 is 19.2. The van der Waals surface area contributed by atoms with Gasteiger partial charge in [0, 0.05) is 39.1 Å². The summed E-state index contributed by atoms with van der Waals surface area (Å²) in [6.45, 7) is 6.10. The quantitative estimate of drug-likeness (QED) is 0.788. The number of ether oxygens (including phenoxy) is 1. The molecule has 7 nitrogen and oxygen atoms in total.